The number of nitrogens with one attached hydrogen (secondary N) is 4. The number of nitrogens with two attached hydrogens (primary N) is 2. The number of hydrazine groups is 1. The summed E-state index contributed by atoms with van der Waals surface area (Å²) in [6.07, 6.45) is 0. The number of phenolic OH excluding ortho intramolecular Hbond substituents is 2. The predicted octanol–water partition coefficient (Wildman–Crippen LogP) is -1.32. The van der Waals surface area contributed by atoms with Gasteiger partial charge < -0.3 is 41.7 Å². The number of aromatic hydroxyl groups is 2. The molecule has 0 fully saturated rings. The number of hydrogen-bond donors (Lipinski definition) is 10. The van der Waals surface area contributed by atoms with Crippen molar-refractivity contribution in [3.63, 3.8) is 0 Å². The molecule has 0 radical (unpaired) electrons. The molecule has 0 amide bonds. The summed E-state index contributed by atoms with van der Waals surface area (Å²) < 4.78 is 0. The maximum absolute atomic E-state index is 13.4. The van der Waals surface area contributed by atoms with Crippen molar-refractivity contribution in [2.45, 2.75) is 0 Å². The fraction of sp³-hybridized carbons (Fsp3) is 0.364. The molecule has 2 aromatic rings. The number of fused-ring (bicyclic) bond motifs is 2. The van der Waals surface area contributed by atoms with Gasteiger partial charge >= 0.3 is 0 Å². The van der Waals surface area contributed by atoms with Crippen LogP contribution in [0.25, 0.3) is 0 Å². The quantitative estimate of drug-likeness (QED) is 0.0470. The fourth-order valence-corrected chi connectivity index (χ4v) is 3.64. The van der Waals surface area contributed by atoms with Gasteiger partial charge in [-0.25, -0.2) is 0 Å². The van der Waals surface area contributed by atoms with Crippen LogP contribution in [-0.4, -0.2) is 84.5 Å². The Hall–Kier alpha value is -2.57. The number of ketones is 2. The minimum atomic E-state index is -0.559. The Morgan fingerprint density at radius 1 is 0.600 bits per heavy atom. The molecule has 0 spiro atoms. The number of benzene rings is 2. The number of anilines is 2. The Morgan fingerprint density at radius 2 is 0.971 bits per heavy atom. The van der Waals surface area contributed by atoms with Crippen LogP contribution in [0.15, 0.2) is 24.3 Å². The SMILES string of the molecule is NN.O=C1c2c(O)ccc(O)c2C(=O)c2c(NCCNCCO)ccc(NCCNCCO)c21.[Pt]. The largest absolute Gasteiger partial charge is 0.507 e. The van der Waals surface area contributed by atoms with Gasteiger partial charge in [-0.15, -0.1) is 0 Å². The number of aliphatic hydroxyl groups is 2. The molecular weight excluding hydrogens is 639 g/mol. The second-order valence-corrected chi connectivity index (χ2v) is 7.22. The first-order valence-corrected chi connectivity index (χ1v) is 10.8. The molecule has 12 nitrogen and oxygen atoms in total. The minimum absolute atomic E-state index is 0. The van der Waals surface area contributed by atoms with Gasteiger partial charge in [0.1, 0.15) is 11.5 Å². The van der Waals surface area contributed by atoms with Gasteiger partial charge in [0.05, 0.1) is 35.5 Å². The molecule has 3 rings (SSSR count). The van der Waals surface area contributed by atoms with Crippen LogP contribution in [0.2, 0.25) is 0 Å². The Morgan fingerprint density at radius 3 is 1.31 bits per heavy atom. The summed E-state index contributed by atoms with van der Waals surface area (Å²) >= 11 is 0. The van der Waals surface area contributed by atoms with E-state index >= 15 is 0 Å². The summed E-state index contributed by atoms with van der Waals surface area (Å²) in [7, 11) is 0. The fourth-order valence-electron chi connectivity index (χ4n) is 3.64. The van der Waals surface area contributed by atoms with E-state index in [2.05, 4.69) is 33.0 Å². The zero-order valence-corrected chi connectivity index (χ0v) is 21.3. The van der Waals surface area contributed by atoms with Crippen LogP contribution in [0.5, 0.6) is 11.5 Å². The average molecular weight is 672 g/mol. The molecule has 0 atom stereocenters. The third kappa shape index (κ3) is 7.21. The van der Waals surface area contributed by atoms with E-state index in [1.165, 1.54) is 12.1 Å². The van der Waals surface area contributed by atoms with Gasteiger partial charge in [0.25, 0.3) is 0 Å². The summed E-state index contributed by atoms with van der Waals surface area (Å²) in [6.45, 7) is 2.81. The van der Waals surface area contributed by atoms with Crippen LogP contribution in [-0.2, 0) is 21.1 Å². The van der Waals surface area contributed by atoms with Gasteiger partial charge in [-0.05, 0) is 24.3 Å². The van der Waals surface area contributed by atoms with Gasteiger partial charge in [-0.2, -0.15) is 0 Å². The second-order valence-electron chi connectivity index (χ2n) is 7.22. The first kappa shape index (κ1) is 30.5. The van der Waals surface area contributed by atoms with E-state index in [1.54, 1.807) is 12.1 Å². The van der Waals surface area contributed by atoms with Crippen molar-refractivity contribution in [3.8, 4) is 11.5 Å². The van der Waals surface area contributed by atoms with E-state index in [-0.39, 0.29) is 68.0 Å². The van der Waals surface area contributed by atoms with E-state index < -0.39 is 11.6 Å². The summed E-state index contributed by atoms with van der Waals surface area (Å²) in [5, 5.41) is 50.6. The van der Waals surface area contributed by atoms with Crippen molar-refractivity contribution < 1.29 is 51.1 Å². The van der Waals surface area contributed by atoms with Crippen molar-refractivity contribution in [1.29, 1.82) is 0 Å². The Labute approximate surface area is 217 Å². The molecule has 0 aliphatic heterocycles. The van der Waals surface area contributed by atoms with Crippen molar-refractivity contribution in [2.75, 3.05) is 63.1 Å². The molecule has 35 heavy (non-hydrogen) atoms. The summed E-state index contributed by atoms with van der Waals surface area (Å²) in [4.78, 5) is 26.7. The molecule has 1 aliphatic carbocycles. The van der Waals surface area contributed by atoms with Gasteiger partial charge in [-0.1, -0.05) is 0 Å². The number of carbonyl (C=O) groups is 2. The first-order chi connectivity index (χ1) is 16.5. The molecule has 1 aliphatic rings. The maximum Gasteiger partial charge on any atom is 0.200 e. The van der Waals surface area contributed by atoms with Crippen molar-refractivity contribution in [3.05, 3.63) is 46.5 Å². The first-order valence-electron chi connectivity index (χ1n) is 10.8. The van der Waals surface area contributed by atoms with E-state index in [0.717, 1.165) is 0 Å². The maximum atomic E-state index is 13.4. The predicted molar refractivity (Wildman–Crippen MR) is 128 cm³/mol. The van der Waals surface area contributed by atoms with E-state index in [0.29, 0.717) is 50.6 Å². The van der Waals surface area contributed by atoms with Gasteiger partial charge in [0, 0.05) is 71.7 Å². The molecule has 12 N–H and O–H groups in total. The topological polar surface area (TPSA) is 215 Å². The van der Waals surface area contributed by atoms with Crippen molar-refractivity contribution in [2.24, 2.45) is 11.7 Å². The summed E-state index contributed by atoms with van der Waals surface area (Å²) in [5.41, 5.74) is 0.678. The van der Waals surface area contributed by atoms with Crippen LogP contribution in [0.3, 0.4) is 0 Å². The second kappa shape index (κ2) is 15.4. The Bertz CT molecular complexity index is 929. The molecular formula is C22H32N6O6Pt. The van der Waals surface area contributed by atoms with E-state index in [9.17, 15) is 19.8 Å². The average Bonchev–Trinajstić information content (AvgIpc) is 2.85. The number of phenols is 2. The molecule has 13 heteroatoms. The smallest absolute Gasteiger partial charge is 0.200 e. The molecule has 0 bridgehead atoms. The number of rotatable bonds is 12. The molecule has 196 valence electrons. The number of hydrogen-bond acceptors (Lipinski definition) is 12. The molecule has 2 aromatic carbocycles. The molecule has 0 saturated heterocycles. The number of aliphatic hydroxyl groups excluding tert-OH is 2. The van der Waals surface area contributed by atoms with Crippen LogP contribution < -0.4 is 33.0 Å². The standard InChI is InChI=1S/C22H28N4O6.H4N2.Pt/c27-11-9-23-5-7-25-13-1-2-14(26-8-6-24-10-12-28)18-17(13)21(31)19-15(29)3-4-16(30)20(19)22(18)32;1-2;/h1-4,23-30H,5-12H2;1-2H2;. The van der Waals surface area contributed by atoms with Crippen LogP contribution in [0.1, 0.15) is 31.8 Å². The van der Waals surface area contributed by atoms with E-state index in [1.807, 2.05) is 0 Å². The van der Waals surface area contributed by atoms with Crippen LogP contribution in [0.4, 0.5) is 11.4 Å². The molecule has 0 saturated carbocycles. The van der Waals surface area contributed by atoms with Crippen LogP contribution >= 0.6 is 0 Å². The third-order valence-corrected chi connectivity index (χ3v) is 5.09. The van der Waals surface area contributed by atoms with Gasteiger partial charge in [0.15, 0.2) is 0 Å². The normalized spacial score (nSPS) is 11.5. The Kier molecular flexibility index (Phi) is 13.4. The van der Waals surface area contributed by atoms with Gasteiger partial charge in [0.2, 0.25) is 11.6 Å². The molecule has 0 unspecified atom stereocenters. The zero-order chi connectivity index (χ0) is 25.1. The molecule has 0 aromatic heterocycles. The zero-order valence-electron chi connectivity index (χ0n) is 19.0. The third-order valence-electron chi connectivity index (χ3n) is 5.09. The van der Waals surface area contributed by atoms with Gasteiger partial charge in [-0.3, -0.25) is 21.3 Å². The van der Waals surface area contributed by atoms with Crippen molar-refractivity contribution in [1.82, 2.24) is 10.6 Å². The van der Waals surface area contributed by atoms with Crippen LogP contribution in [0, 0.1) is 0 Å². The molecule has 0 heterocycles. The van der Waals surface area contributed by atoms with Crippen molar-refractivity contribution >= 4 is 22.9 Å². The summed E-state index contributed by atoms with van der Waals surface area (Å²) in [6, 6.07) is 5.74. The minimum Gasteiger partial charge on any atom is -0.507 e. The summed E-state index contributed by atoms with van der Waals surface area (Å²) in [5.74, 6) is 6.14. The number of carbonyl (C=O) groups excluding carboxylic acids is 2. The monoisotopic (exact) mass is 671 g/mol. The Balaban J connectivity index is 0.00000199. The van der Waals surface area contributed by atoms with E-state index in [4.69, 9.17) is 10.2 Å².